The Morgan fingerprint density at radius 2 is 1.96 bits per heavy atom. The molecule has 1 amide bonds. The Bertz CT molecular complexity index is 926. The number of hydrogen-bond donors (Lipinski definition) is 1. The van der Waals surface area contributed by atoms with Gasteiger partial charge in [0.2, 0.25) is 5.91 Å². The van der Waals surface area contributed by atoms with Gasteiger partial charge in [0.15, 0.2) is 0 Å². The highest BCUT2D eigenvalue weighted by Crippen LogP contribution is 2.52. The Balaban J connectivity index is 1.67. The molecule has 4 heteroatoms. The average Bonchev–Trinajstić information content (AvgIpc) is 3.39. The minimum atomic E-state index is -0.393. The largest absolute Gasteiger partial charge is 0.497 e. The van der Waals surface area contributed by atoms with E-state index in [1.165, 1.54) is 5.56 Å². The molecule has 4 rings (SSSR count). The number of aromatic nitrogens is 1. The first kappa shape index (κ1) is 16.7. The zero-order valence-corrected chi connectivity index (χ0v) is 15.3. The van der Waals surface area contributed by atoms with E-state index in [0.717, 1.165) is 35.1 Å². The number of benzene rings is 2. The predicted octanol–water partition coefficient (Wildman–Crippen LogP) is 4.26. The fourth-order valence-electron chi connectivity index (χ4n) is 3.78. The molecule has 4 nitrogen and oxygen atoms in total. The van der Waals surface area contributed by atoms with Crippen molar-refractivity contribution in [2.45, 2.75) is 31.7 Å². The van der Waals surface area contributed by atoms with Crippen molar-refractivity contribution in [3.8, 4) is 5.75 Å². The van der Waals surface area contributed by atoms with E-state index in [2.05, 4.69) is 24.0 Å². The number of carbonyl (C=O) groups is 1. The van der Waals surface area contributed by atoms with Crippen LogP contribution in [-0.4, -0.2) is 29.4 Å². The van der Waals surface area contributed by atoms with E-state index in [1.54, 1.807) is 7.11 Å². The third-order valence-electron chi connectivity index (χ3n) is 5.45. The Labute approximate surface area is 153 Å². The molecule has 0 atom stereocenters. The van der Waals surface area contributed by atoms with Gasteiger partial charge in [-0.1, -0.05) is 30.3 Å². The number of amides is 1. The Morgan fingerprint density at radius 1 is 1.19 bits per heavy atom. The molecule has 0 saturated heterocycles. The summed E-state index contributed by atoms with van der Waals surface area (Å²) in [6, 6.07) is 16.2. The highest BCUT2D eigenvalue weighted by atomic mass is 16.5. The van der Waals surface area contributed by atoms with Gasteiger partial charge in [-0.3, -0.25) is 4.79 Å². The minimum Gasteiger partial charge on any atom is -0.497 e. The van der Waals surface area contributed by atoms with Crippen molar-refractivity contribution in [2.75, 3.05) is 13.7 Å². The first-order valence-electron chi connectivity index (χ1n) is 9.17. The van der Waals surface area contributed by atoms with Crippen LogP contribution in [0.5, 0.6) is 5.75 Å². The number of likely N-dealkylation sites (N-methyl/N-ethyl adjacent to an activating group) is 1. The molecular formula is C22H24N2O2. The highest BCUT2D eigenvalue weighted by Gasteiger charge is 2.54. The van der Waals surface area contributed by atoms with Crippen LogP contribution < -0.4 is 4.74 Å². The van der Waals surface area contributed by atoms with Crippen LogP contribution in [0.2, 0.25) is 0 Å². The van der Waals surface area contributed by atoms with Crippen molar-refractivity contribution in [2.24, 2.45) is 0 Å². The molecule has 2 aromatic carbocycles. The number of carbonyl (C=O) groups excluding carboxylic acids is 1. The molecule has 134 valence electrons. The van der Waals surface area contributed by atoms with Crippen molar-refractivity contribution in [3.63, 3.8) is 0 Å². The van der Waals surface area contributed by atoms with Gasteiger partial charge in [-0.2, -0.15) is 0 Å². The molecule has 26 heavy (non-hydrogen) atoms. The number of ether oxygens (including phenoxy) is 1. The fourth-order valence-corrected chi connectivity index (χ4v) is 3.78. The van der Waals surface area contributed by atoms with Crippen LogP contribution in [0.4, 0.5) is 0 Å². The van der Waals surface area contributed by atoms with Gasteiger partial charge in [-0.25, -0.2) is 0 Å². The van der Waals surface area contributed by atoms with Gasteiger partial charge in [0.05, 0.1) is 12.5 Å². The van der Waals surface area contributed by atoms with Crippen molar-refractivity contribution in [1.82, 2.24) is 9.88 Å². The van der Waals surface area contributed by atoms with Gasteiger partial charge in [-0.15, -0.1) is 0 Å². The summed E-state index contributed by atoms with van der Waals surface area (Å²) in [4.78, 5) is 18.7. The van der Waals surface area contributed by atoms with Gasteiger partial charge < -0.3 is 14.6 Å². The van der Waals surface area contributed by atoms with E-state index in [9.17, 15) is 4.79 Å². The number of methoxy groups -OCH3 is 1. The third-order valence-corrected chi connectivity index (χ3v) is 5.45. The van der Waals surface area contributed by atoms with Crippen molar-refractivity contribution in [1.29, 1.82) is 0 Å². The maximum absolute atomic E-state index is 13.4. The van der Waals surface area contributed by atoms with Crippen LogP contribution >= 0.6 is 0 Å². The summed E-state index contributed by atoms with van der Waals surface area (Å²) in [5, 5.41) is 1.09. The molecular weight excluding hydrogens is 324 g/mol. The molecule has 1 aromatic heterocycles. The Kier molecular flexibility index (Phi) is 4.19. The summed E-state index contributed by atoms with van der Waals surface area (Å²) in [6.45, 7) is 3.42. The van der Waals surface area contributed by atoms with Crippen LogP contribution in [0.1, 0.15) is 30.9 Å². The summed E-state index contributed by atoms with van der Waals surface area (Å²) < 4.78 is 5.38. The number of aromatic amines is 1. The maximum atomic E-state index is 13.4. The molecule has 0 aliphatic heterocycles. The zero-order chi connectivity index (χ0) is 18.1. The summed E-state index contributed by atoms with van der Waals surface area (Å²) in [5.41, 5.74) is 2.92. The minimum absolute atomic E-state index is 0.229. The quantitative estimate of drug-likeness (QED) is 0.723. The van der Waals surface area contributed by atoms with Gasteiger partial charge >= 0.3 is 0 Å². The first-order valence-corrected chi connectivity index (χ1v) is 9.17. The van der Waals surface area contributed by atoms with Gasteiger partial charge in [-0.05, 0) is 49.1 Å². The number of nitrogens with one attached hydrogen (secondary N) is 1. The summed E-state index contributed by atoms with van der Waals surface area (Å²) in [6.07, 6.45) is 3.81. The number of fused-ring (bicyclic) bond motifs is 1. The average molecular weight is 348 g/mol. The summed E-state index contributed by atoms with van der Waals surface area (Å²) >= 11 is 0. The molecule has 3 aromatic rings. The van der Waals surface area contributed by atoms with E-state index in [1.807, 2.05) is 47.5 Å². The summed E-state index contributed by atoms with van der Waals surface area (Å²) in [5.74, 6) is 1.05. The molecule has 0 bridgehead atoms. The SMILES string of the molecule is CCN(Cc1ccccc1)C(=O)C1(c2c[nH]c3ccc(OC)cc23)CC1. The summed E-state index contributed by atoms with van der Waals surface area (Å²) in [7, 11) is 1.67. The molecule has 1 fully saturated rings. The van der Waals surface area contributed by atoms with Gasteiger partial charge in [0, 0.05) is 30.2 Å². The highest BCUT2D eigenvalue weighted by molar-refractivity contribution is 5.98. The van der Waals surface area contributed by atoms with Crippen molar-refractivity contribution >= 4 is 16.8 Å². The number of nitrogens with zero attached hydrogens (tertiary/aromatic N) is 1. The van der Waals surface area contributed by atoms with E-state index >= 15 is 0 Å². The molecule has 1 aliphatic carbocycles. The second kappa shape index (κ2) is 6.52. The lowest BCUT2D eigenvalue weighted by Crippen LogP contribution is -2.38. The van der Waals surface area contributed by atoms with Crippen LogP contribution in [0.3, 0.4) is 0 Å². The Morgan fingerprint density at radius 3 is 2.62 bits per heavy atom. The van der Waals surface area contributed by atoms with E-state index < -0.39 is 5.41 Å². The molecule has 1 heterocycles. The first-order chi connectivity index (χ1) is 12.7. The molecule has 1 aliphatic rings. The molecule has 0 spiro atoms. The molecule has 0 unspecified atom stereocenters. The van der Waals surface area contributed by atoms with Gasteiger partial charge in [0.1, 0.15) is 5.75 Å². The Hall–Kier alpha value is -2.75. The van der Waals surface area contributed by atoms with Gasteiger partial charge in [0.25, 0.3) is 0 Å². The lowest BCUT2D eigenvalue weighted by atomic mass is 9.93. The lowest BCUT2D eigenvalue weighted by molar-refractivity contribution is -0.134. The number of rotatable bonds is 6. The van der Waals surface area contributed by atoms with E-state index in [0.29, 0.717) is 13.1 Å². The smallest absolute Gasteiger partial charge is 0.233 e. The predicted molar refractivity (Wildman–Crippen MR) is 103 cm³/mol. The normalized spacial score (nSPS) is 15.0. The van der Waals surface area contributed by atoms with Crippen LogP contribution in [-0.2, 0) is 16.8 Å². The third kappa shape index (κ3) is 2.75. The van der Waals surface area contributed by atoms with Crippen molar-refractivity contribution in [3.05, 3.63) is 65.9 Å². The maximum Gasteiger partial charge on any atom is 0.233 e. The topological polar surface area (TPSA) is 45.3 Å². The lowest BCUT2D eigenvalue weighted by Gasteiger charge is -2.26. The monoisotopic (exact) mass is 348 g/mol. The molecule has 0 radical (unpaired) electrons. The zero-order valence-electron chi connectivity index (χ0n) is 15.3. The fraction of sp³-hybridized carbons (Fsp3) is 0.318. The van der Waals surface area contributed by atoms with Crippen LogP contribution in [0, 0.1) is 0 Å². The van der Waals surface area contributed by atoms with Crippen molar-refractivity contribution < 1.29 is 9.53 Å². The second-order valence-electron chi connectivity index (χ2n) is 7.00. The van der Waals surface area contributed by atoms with Crippen LogP contribution in [0.25, 0.3) is 10.9 Å². The number of H-pyrrole nitrogens is 1. The number of hydrogen-bond acceptors (Lipinski definition) is 2. The van der Waals surface area contributed by atoms with E-state index in [4.69, 9.17) is 4.74 Å². The van der Waals surface area contributed by atoms with Crippen LogP contribution in [0.15, 0.2) is 54.7 Å². The molecule has 1 N–H and O–H groups in total. The second-order valence-corrected chi connectivity index (χ2v) is 7.00. The van der Waals surface area contributed by atoms with E-state index in [-0.39, 0.29) is 5.91 Å². The molecule has 1 saturated carbocycles. The standard InChI is InChI=1S/C22H24N2O2/c1-3-24(15-16-7-5-4-6-8-16)21(25)22(11-12-22)19-14-23-20-10-9-17(26-2)13-18(19)20/h4-10,13-14,23H,3,11-12,15H2,1-2H3.